The van der Waals surface area contributed by atoms with Gasteiger partial charge in [-0.25, -0.2) is 0 Å². The third kappa shape index (κ3) is 3.27. The lowest BCUT2D eigenvalue weighted by Gasteiger charge is -2.60. The summed E-state index contributed by atoms with van der Waals surface area (Å²) in [5.74, 6) is 0.460. The molecule has 0 saturated heterocycles. The largest absolute Gasteiger partial charge is 0.378 e. The number of thioether (sulfide) groups is 1. The van der Waals surface area contributed by atoms with Crippen molar-refractivity contribution < 1.29 is 14.3 Å². The third-order valence-corrected chi connectivity index (χ3v) is 7.62. The van der Waals surface area contributed by atoms with Crippen molar-refractivity contribution in [2.24, 2.45) is 5.41 Å². The molecule has 0 unspecified atom stereocenters. The summed E-state index contributed by atoms with van der Waals surface area (Å²) < 4.78 is 6.03. The normalized spacial score (nSPS) is 26.1. The summed E-state index contributed by atoms with van der Waals surface area (Å²) in [7, 11) is 1.93. The van der Waals surface area contributed by atoms with Crippen LogP contribution in [0.25, 0.3) is 0 Å². The molecule has 0 aromatic heterocycles. The molecule has 27 heavy (non-hydrogen) atoms. The first-order valence-corrected chi connectivity index (χ1v) is 11.0. The van der Waals surface area contributed by atoms with E-state index in [-0.39, 0.29) is 29.4 Å². The molecular formula is C21H28N2O3S. The molecule has 2 atom stereocenters. The lowest BCUT2D eigenvalue weighted by molar-refractivity contribution is -0.170. The van der Waals surface area contributed by atoms with Crippen LogP contribution in [-0.2, 0) is 9.53 Å². The van der Waals surface area contributed by atoms with E-state index in [1.54, 1.807) is 0 Å². The van der Waals surface area contributed by atoms with E-state index in [0.717, 1.165) is 36.5 Å². The number of nitrogens with zero attached hydrogens (tertiary/aromatic N) is 1. The summed E-state index contributed by atoms with van der Waals surface area (Å²) in [6, 6.07) is 5.89. The van der Waals surface area contributed by atoms with E-state index in [0.29, 0.717) is 11.3 Å². The molecule has 1 aromatic rings. The minimum atomic E-state index is -0.00911. The Hall–Kier alpha value is -1.53. The molecule has 4 rings (SSSR count). The zero-order valence-corrected chi connectivity index (χ0v) is 16.9. The number of ether oxygens (including phenoxy) is 1. The number of hydrogen-bond donors (Lipinski definition) is 1. The average molecular weight is 389 g/mol. The molecule has 1 aromatic carbocycles. The SMILES string of the molecule is CCO[C@H]1C[C@@H](N(C)C(=O)c2ccc3c(c2)NC(=O)CS3)C12CCCCC2. The molecule has 6 heteroatoms. The van der Waals surface area contributed by atoms with Crippen molar-refractivity contribution >= 4 is 29.3 Å². The molecule has 5 nitrogen and oxygen atoms in total. The van der Waals surface area contributed by atoms with Gasteiger partial charge in [0.15, 0.2) is 0 Å². The van der Waals surface area contributed by atoms with Gasteiger partial charge in [-0.2, -0.15) is 0 Å². The molecular weight excluding hydrogens is 360 g/mol. The van der Waals surface area contributed by atoms with E-state index >= 15 is 0 Å². The predicted octanol–water partition coefficient (Wildman–Crippen LogP) is 3.93. The fraction of sp³-hybridized carbons (Fsp3) is 0.619. The average Bonchev–Trinajstić information content (AvgIpc) is 2.69. The minimum Gasteiger partial charge on any atom is -0.378 e. The smallest absolute Gasteiger partial charge is 0.253 e. The number of amides is 2. The second-order valence-electron chi connectivity index (χ2n) is 7.95. The van der Waals surface area contributed by atoms with Crippen LogP contribution in [-0.4, -0.2) is 48.3 Å². The van der Waals surface area contributed by atoms with Gasteiger partial charge in [0, 0.05) is 35.6 Å². The zero-order chi connectivity index (χ0) is 19.0. The summed E-state index contributed by atoms with van der Waals surface area (Å²) >= 11 is 1.52. The van der Waals surface area contributed by atoms with Gasteiger partial charge in [-0.1, -0.05) is 19.3 Å². The number of carbonyl (C=O) groups is 2. The van der Waals surface area contributed by atoms with Gasteiger partial charge in [-0.15, -0.1) is 11.8 Å². The lowest BCUT2D eigenvalue weighted by atomic mass is 9.54. The lowest BCUT2D eigenvalue weighted by Crippen LogP contribution is -2.65. The van der Waals surface area contributed by atoms with Gasteiger partial charge in [-0.3, -0.25) is 9.59 Å². The molecule has 0 radical (unpaired) electrons. The second kappa shape index (κ2) is 7.47. The number of rotatable bonds is 4. The van der Waals surface area contributed by atoms with Crippen LogP contribution in [0, 0.1) is 5.41 Å². The predicted molar refractivity (Wildman–Crippen MR) is 107 cm³/mol. The quantitative estimate of drug-likeness (QED) is 0.849. The summed E-state index contributed by atoms with van der Waals surface area (Å²) in [6.45, 7) is 2.79. The Morgan fingerprint density at radius 3 is 2.85 bits per heavy atom. The fourth-order valence-corrected chi connectivity index (χ4v) is 5.92. The Balaban J connectivity index is 1.54. The van der Waals surface area contributed by atoms with E-state index in [2.05, 4.69) is 12.2 Å². The maximum Gasteiger partial charge on any atom is 0.253 e. The number of anilines is 1. The van der Waals surface area contributed by atoms with Gasteiger partial charge in [0.25, 0.3) is 5.91 Å². The highest BCUT2D eigenvalue weighted by Crippen LogP contribution is 2.55. The fourth-order valence-electron chi connectivity index (χ4n) is 5.13. The summed E-state index contributed by atoms with van der Waals surface area (Å²) in [5, 5.41) is 2.88. The van der Waals surface area contributed by atoms with E-state index in [1.165, 1.54) is 31.0 Å². The minimum absolute atomic E-state index is 0.00911. The van der Waals surface area contributed by atoms with Crippen LogP contribution in [0.15, 0.2) is 23.1 Å². The Kier molecular flexibility index (Phi) is 5.21. The number of nitrogens with one attached hydrogen (secondary N) is 1. The van der Waals surface area contributed by atoms with Crippen molar-refractivity contribution in [3.05, 3.63) is 23.8 Å². The molecule has 1 heterocycles. The zero-order valence-electron chi connectivity index (χ0n) is 16.1. The van der Waals surface area contributed by atoms with Gasteiger partial charge in [0.05, 0.1) is 17.5 Å². The number of benzene rings is 1. The number of hydrogen-bond acceptors (Lipinski definition) is 4. The van der Waals surface area contributed by atoms with Crippen LogP contribution < -0.4 is 5.32 Å². The van der Waals surface area contributed by atoms with Crippen LogP contribution in [0.2, 0.25) is 0 Å². The molecule has 3 aliphatic rings. The van der Waals surface area contributed by atoms with E-state index in [1.807, 2.05) is 30.1 Å². The van der Waals surface area contributed by atoms with Crippen LogP contribution in [0.4, 0.5) is 5.69 Å². The third-order valence-electron chi connectivity index (χ3n) is 6.54. The van der Waals surface area contributed by atoms with Gasteiger partial charge < -0.3 is 15.0 Å². The Labute approximate surface area is 165 Å². The molecule has 2 fully saturated rings. The maximum absolute atomic E-state index is 13.2. The molecule has 1 aliphatic heterocycles. The van der Waals surface area contributed by atoms with Crippen molar-refractivity contribution in [3.63, 3.8) is 0 Å². The molecule has 2 aliphatic carbocycles. The molecule has 2 saturated carbocycles. The van der Waals surface area contributed by atoms with Crippen molar-refractivity contribution in [1.29, 1.82) is 0 Å². The van der Waals surface area contributed by atoms with Crippen molar-refractivity contribution in [1.82, 2.24) is 4.90 Å². The highest BCUT2D eigenvalue weighted by Gasteiger charge is 2.57. The first-order valence-electron chi connectivity index (χ1n) is 10.0. The van der Waals surface area contributed by atoms with Crippen molar-refractivity contribution in [2.75, 3.05) is 24.7 Å². The Morgan fingerprint density at radius 2 is 2.11 bits per heavy atom. The maximum atomic E-state index is 13.2. The molecule has 0 bridgehead atoms. The number of carbonyl (C=O) groups excluding carboxylic acids is 2. The molecule has 1 N–H and O–H groups in total. The first-order chi connectivity index (χ1) is 13.0. The van der Waals surface area contributed by atoms with E-state index < -0.39 is 0 Å². The van der Waals surface area contributed by atoms with E-state index in [4.69, 9.17) is 4.74 Å². The topological polar surface area (TPSA) is 58.6 Å². The second-order valence-corrected chi connectivity index (χ2v) is 8.97. The van der Waals surface area contributed by atoms with Gasteiger partial charge in [0.2, 0.25) is 5.91 Å². The molecule has 1 spiro atoms. The number of fused-ring (bicyclic) bond motifs is 1. The van der Waals surface area contributed by atoms with Crippen LogP contribution in [0.1, 0.15) is 55.8 Å². The van der Waals surface area contributed by atoms with Crippen LogP contribution >= 0.6 is 11.8 Å². The van der Waals surface area contributed by atoms with Crippen molar-refractivity contribution in [2.45, 2.75) is 62.5 Å². The van der Waals surface area contributed by atoms with Crippen LogP contribution in [0.5, 0.6) is 0 Å². The molecule has 2 amide bonds. The first kappa shape index (κ1) is 18.8. The Bertz CT molecular complexity index is 745. The van der Waals surface area contributed by atoms with Crippen LogP contribution in [0.3, 0.4) is 0 Å². The van der Waals surface area contributed by atoms with E-state index in [9.17, 15) is 9.59 Å². The van der Waals surface area contributed by atoms with Gasteiger partial charge in [0.1, 0.15) is 0 Å². The summed E-state index contributed by atoms with van der Waals surface area (Å²) in [6.07, 6.45) is 7.24. The highest BCUT2D eigenvalue weighted by atomic mass is 32.2. The highest BCUT2D eigenvalue weighted by molar-refractivity contribution is 8.00. The molecule has 146 valence electrons. The van der Waals surface area contributed by atoms with Gasteiger partial charge in [-0.05, 0) is 44.4 Å². The van der Waals surface area contributed by atoms with Gasteiger partial charge >= 0.3 is 0 Å². The summed E-state index contributed by atoms with van der Waals surface area (Å²) in [4.78, 5) is 27.8. The van der Waals surface area contributed by atoms with Crippen molar-refractivity contribution in [3.8, 4) is 0 Å². The monoisotopic (exact) mass is 388 g/mol. The Morgan fingerprint density at radius 1 is 1.33 bits per heavy atom. The summed E-state index contributed by atoms with van der Waals surface area (Å²) in [5.41, 5.74) is 1.52. The standard InChI is InChI=1S/C21H28N2O3S/c1-3-26-18-12-17(21(18)9-5-4-6-10-21)23(2)20(25)14-7-8-16-15(11-14)22-19(24)13-27-16/h7-8,11,17-18H,3-6,9-10,12-13H2,1-2H3,(H,22,24)/t17-,18+/m1/s1.